The summed E-state index contributed by atoms with van der Waals surface area (Å²) in [7, 11) is 1.87. The number of amides is 1. The molecule has 0 atom stereocenters. The van der Waals surface area contributed by atoms with Gasteiger partial charge in [0, 0.05) is 6.54 Å². The summed E-state index contributed by atoms with van der Waals surface area (Å²) in [5.41, 5.74) is 1.52. The van der Waals surface area contributed by atoms with Gasteiger partial charge in [0.1, 0.15) is 12.4 Å². The van der Waals surface area contributed by atoms with E-state index in [4.69, 9.17) is 27.9 Å². The summed E-state index contributed by atoms with van der Waals surface area (Å²) in [6, 6.07) is 12.8. The molecular formula is C19H20Cl2N2O2. The number of ether oxygens (including phenoxy) is 1. The van der Waals surface area contributed by atoms with Crippen molar-refractivity contribution in [2.75, 3.05) is 25.5 Å². The predicted octanol–water partition coefficient (Wildman–Crippen LogP) is 4.63. The second-order valence-corrected chi connectivity index (χ2v) is 6.38. The van der Waals surface area contributed by atoms with E-state index in [9.17, 15) is 4.79 Å². The van der Waals surface area contributed by atoms with E-state index in [-0.39, 0.29) is 12.5 Å². The highest BCUT2D eigenvalue weighted by Crippen LogP contribution is 2.29. The maximum atomic E-state index is 12.2. The van der Waals surface area contributed by atoms with Gasteiger partial charge in [-0.05, 0) is 36.9 Å². The van der Waals surface area contributed by atoms with Crippen molar-refractivity contribution in [3.05, 3.63) is 70.7 Å². The van der Waals surface area contributed by atoms with Gasteiger partial charge in [-0.2, -0.15) is 0 Å². The minimum absolute atomic E-state index is 0.177. The molecule has 0 saturated heterocycles. The molecular weight excluding hydrogens is 359 g/mol. The number of anilines is 1. The third-order valence-electron chi connectivity index (χ3n) is 3.38. The van der Waals surface area contributed by atoms with Gasteiger partial charge in [-0.3, -0.25) is 9.69 Å². The van der Waals surface area contributed by atoms with Crippen LogP contribution in [0.2, 0.25) is 10.0 Å². The maximum absolute atomic E-state index is 12.2. The van der Waals surface area contributed by atoms with Crippen LogP contribution in [0.25, 0.3) is 0 Å². The smallest absolute Gasteiger partial charge is 0.238 e. The van der Waals surface area contributed by atoms with E-state index in [1.54, 1.807) is 24.3 Å². The molecule has 25 heavy (non-hydrogen) atoms. The molecule has 0 spiro atoms. The Kier molecular flexibility index (Phi) is 7.31. The molecule has 1 amide bonds. The first-order chi connectivity index (χ1) is 12.0. The van der Waals surface area contributed by atoms with E-state index in [2.05, 4.69) is 11.9 Å². The van der Waals surface area contributed by atoms with Crippen molar-refractivity contribution in [3.8, 4) is 5.75 Å². The molecule has 1 N–H and O–H groups in total. The zero-order chi connectivity index (χ0) is 18.2. The molecule has 0 bridgehead atoms. The number of hydrogen-bond acceptors (Lipinski definition) is 3. The van der Waals surface area contributed by atoms with Crippen LogP contribution in [0.1, 0.15) is 5.56 Å². The molecule has 132 valence electrons. The Balaban J connectivity index is 1.88. The Morgan fingerprint density at radius 1 is 1.20 bits per heavy atom. The van der Waals surface area contributed by atoms with Gasteiger partial charge in [0.25, 0.3) is 0 Å². The van der Waals surface area contributed by atoms with E-state index in [1.807, 2.05) is 36.2 Å². The number of para-hydroxylation sites is 1. The third-order valence-corrected chi connectivity index (χ3v) is 4.01. The van der Waals surface area contributed by atoms with E-state index in [0.717, 1.165) is 11.3 Å². The maximum Gasteiger partial charge on any atom is 0.238 e. The normalized spacial score (nSPS) is 10.6. The number of nitrogens with one attached hydrogen (secondary N) is 1. The van der Waals surface area contributed by atoms with Crippen LogP contribution < -0.4 is 10.1 Å². The highest BCUT2D eigenvalue weighted by atomic mass is 35.5. The van der Waals surface area contributed by atoms with Crippen molar-refractivity contribution in [2.24, 2.45) is 0 Å². The number of rotatable bonds is 8. The van der Waals surface area contributed by atoms with Gasteiger partial charge in [0.15, 0.2) is 0 Å². The van der Waals surface area contributed by atoms with Crippen LogP contribution in [-0.2, 0) is 11.3 Å². The number of nitrogens with zero attached hydrogens (tertiary/aromatic N) is 1. The number of benzene rings is 2. The molecule has 0 saturated carbocycles. The van der Waals surface area contributed by atoms with Crippen LogP contribution in [0, 0.1) is 0 Å². The third kappa shape index (κ3) is 6.09. The molecule has 0 heterocycles. The molecule has 0 aliphatic carbocycles. The minimum atomic E-state index is -0.177. The number of likely N-dealkylation sites (N-methyl/N-ethyl adjacent to an activating group) is 1. The lowest BCUT2D eigenvalue weighted by molar-refractivity contribution is -0.117. The van der Waals surface area contributed by atoms with Gasteiger partial charge in [0.05, 0.1) is 22.3 Å². The quantitative estimate of drug-likeness (QED) is 0.680. The molecule has 0 aromatic heterocycles. The van der Waals surface area contributed by atoms with Crippen molar-refractivity contribution in [1.82, 2.24) is 4.90 Å². The summed E-state index contributed by atoms with van der Waals surface area (Å²) >= 11 is 12.1. The lowest BCUT2D eigenvalue weighted by Gasteiger charge is -2.17. The topological polar surface area (TPSA) is 41.6 Å². The van der Waals surface area contributed by atoms with E-state index < -0.39 is 0 Å². The first-order valence-electron chi connectivity index (χ1n) is 7.74. The van der Waals surface area contributed by atoms with E-state index >= 15 is 0 Å². The van der Waals surface area contributed by atoms with Gasteiger partial charge in [-0.25, -0.2) is 0 Å². The van der Waals surface area contributed by atoms with Gasteiger partial charge in [-0.15, -0.1) is 0 Å². The summed E-state index contributed by atoms with van der Waals surface area (Å²) in [5.74, 6) is 0.612. The Morgan fingerprint density at radius 2 is 1.84 bits per heavy atom. The lowest BCUT2D eigenvalue weighted by Crippen LogP contribution is -2.30. The first-order valence-corrected chi connectivity index (χ1v) is 8.50. The Labute approximate surface area is 158 Å². The number of carbonyl (C=O) groups excluding carboxylic acids is 1. The molecule has 0 unspecified atom stereocenters. The zero-order valence-electron chi connectivity index (χ0n) is 14.0. The summed E-state index contributed by atoms with van der Waals surface area (Å²) in [5, 5.41) is 3.58. The Hall–Kier alpha value is -2.01. The van der Waals surface area contributed by atoms with Crippen molar-refractivity contribution in [2.45, 2.75) is 6.54 Å². The molecule has 6 heteroatoms. The fourth-order valence-electron chi connectivity index (χ4n) is 2.26. The average molecular weight is 379 g/mol. The predicted molar refractivity (Wildman–Crippen MR) is 104 cm³/mol. The Bertz CT molecular complexity index is 712. The number of halogens is 2. The second kappa shape index (κ2) is 9.47. The van der Waals surface area contributed by atoms with Crippen LogP contribution in [0.5, 0.6) is 5.75 Å². The standard InChI is InChI=1S/C19H20Cl2N2O2/c1-3-11-25-15-9-7-14(8-10-15)12-23(2)13-18(24)22-19-16(20)5-4-6-17(19)21/h3-10H,1,11-13H2,2H3,(H,22,24). The molecule has 0 aliphatic heterocycles. The van der Waals surface area contributed by atoms with Crippen molar-refractivity contribution >= 4 is 34.8 Å². The molecule has 0 aliphatic rings. The van der Waals surface area contributed by atoms with Crippen molar-refractivity contribution in [3.63, 3.8) is 0 Å². The highest BCUT2D eigenvalue weighted by Gasteiger charge is 2.12. The minimum Gasteiger partial charge on any atom is -0.490 e. The van der Waals surface area contributed by atoms with Crippen molar-refractivity contribution < 1.29 is 9.53 Å². The summed E-state index contributed by atoms with van der Waals surface area (Å²) < 4.78 is 5.45. The molecule has 4 nitrogen and oxygen atoms in total. The summed E-state index contributed by atoms with van der Waals surface area (Å²) in [6.45, 7) is 4.94. The van der Waals surface area contributed by atoms with Gasteiger partial charge >= 0.3 is 0 Å². The first kappa shape index (κ1) is 19.3. The number of carbonyl (C=O) groups is 1. The second-order valence-electron chi connectivity index (χ2n) is 5.56. The van der Waals surface area contributed by atoms with Crippen LogP contribution >= 0.6 is 23.2 Å². The lowest BCUT2D eigenvalue weighted by atomic mass is 10.2. The number of hydrogen-bond donors (Lipinski definition) is 1. The summed E-state index contributed by atoms with van der Waals surface area (Å²) in [6.07, 6.45) is 1.70. The van der Waals surface area contributed by atoms with Crippen molar-refractivity contribution in [1.29, 1.82) is 0 Å². The van der Waals surface area contributed by atoms with Gasteiger partial charge < -0.3 is 10.1 Å². The highest BCUT2D eigenvalue weighted by molar-refractivity contribution is 6.39. The monoisotopic (exact) mass is 378 g/mol. The van der Waals surface area contributed by atoms with Gasteiger partial charge in [0.2, 0.25) is 5.91 Å². The largest absolute Gasteiger partial charge is 0.490 e. The van der Waals surface area contributed by atoms with E-state index in [0.29, 0.717) is 28.9 Å². The molecule has 2 aromatic rings. The van der Waals surface area contributed by atoms with Crippen LogP contribution in [0.3, 0.4) is 0 Å². The molecule has 0 fully saturated rings. The van der Waals surface area contributed by atoms with Crippen LogP contribution in [0.15, 0.2) is 55.1 Å². The SMILES string of the molecule is C=CCOc1ccc(CN(C)CC(=O)Nc2c(Cl)cccc2Cl)cc1. The average Bonchev–Trinajstić information content (AvgIpc) is 2.57. The fourth-order valence-corrected chi connectivity index (χ4v) is 2.75. The zero-order valence-corrected chi connectivity index (χ0v) is 15.5. The summed E-state index contributed by atoms with van der Waals surface area (Å²) in [4.78, 5) is 14.1. The van der Waals surface area contributed by atoms with E-state index in [1.165, 1.54) is 0 Å². The molecule has 2 rings (SSSR count). The van der Waals surface area contributed by atoms with Gasteiger partial charge in [-0.1, -0.05) is 54.1 Å². The van der Waals surface area contributed by atoms with Crippen LogP contribution in [-0.4, -0.2) is 31.0 Å². The van der Waals surface area contributed by atoms with Crippen LogP contribution in [0.4, 0.5) is 5.69 Å². The molecule has 0 radical (unpaired) electrons. The molecule has 2 aromatic carbocycles. The fraction of sp³-hybridized carbons (Fsp3) is 0.211. The Morgan fingerprint density at radius 3 is 2.44 bits per heavy atom.